The molecular weight excluding hydrogens is 559 g/mol. The lowest BCUT2D eigenvalue weighted by molar-refractivity contribution is -0.129. The third kappa shape index (κ3) is 5.20. The van der Waals surface area contributed by atoms with Crippen molar-refractivity contribution in [2.75, 3.05) is 11.9 Å². The zero-order valence-corrected chi connectivity index (χ0v) is 24.2. The number of anilines is 1. The second kappa shape index (κ2) is 11.1. The number of carbonyl (C=O) groups excluding carboxylic acids is 2. The standard InChI is InChI=1S/C30H30ClFN8O2/c1-17-4-6-25(40-16-27(31)36-37-40)21(12-17)19-9-11-39(28(41)14-19)26-7-5-22(32)18(2)30(42)35-24-15-34-38(3)29(24)20-8-10-33-23(26)13-20/h4,6,8,10,12-16,18,22,26H,5,7,9,11H2,1-3H3,(H,35,42). The second-order valence-electron chi connectivity index (χ2n) is 10.8. The maximum atomic E-state index is 15.4. The summed E-state index contributed by atoms with van der Waals surface area (Å²) >= 11 is 6.03. The molecule has 0 aliphatic carbocycles. The minimum absolute atomic E-state index is 0.0977. The summed E-state index contributed by atoms with van der Waals surface area (Å²) in [5, 5.41) is 15.4. The molecule has 3 unspecified atom stereocenters. The molecule has 0 spiro atoms. The van der Waals surface area contributed by atoms with E-state index in [9.17, 15) is 9.59 Å². The van der Waals surface area contributed by atoms with E-state index in [1.807, 2.05) is 37.3 Å². The molecule has 1 N–H and O–H groups in total. The number of nitrogens with zero attached hydrogens (tertiary/aromatic N) is 7. The highest BCUT2D eigenvalue weighted by molar-refractivity contribution is 6.29. The Hall–Kier alpha value is -4.38. The van der Waals surface area contributed by atoms with E-state index in [4.69, 9.17) is 11.6 Å². The van der Waals surface area contributed by atoms with Crippen LogP contribution in [0.4, 0.5) is 10.1 Å². The maximum Gasteiger partial charge on any atom is 0.247 e. The lowest BCUT2D eigenvalue weighted by atomic mass is 9.92. The van der Waals surface area contributed by atoms with Crippen LogP contribution in [0.15, 0.2) is 55.0 Å². The Morgan fingerprint density at radius 1 is 1.14 bits per heavy atom. The summed E-state index contributed by atoms with van der Waals surface area (Å²) in [7, 11) is 1.78. The SMILES string of the molecule is Cc1ccc(-n2cc(Cl)nn2)c(C2=CC(=O)N(C3CCC(F)C(C)C(=O)Nc4cnn(C)c4-c4ccnc3c4)CC2)c1. The summed E-state index contributed by atoms with van der Waals surface area (Å²) < 4.78 is 18.7. The van der Waals surface area contributed by atoms with Crippen LogP contribution in [0.2, 0.25) is 5.15 Å². The average molecular weight is 589 g/mol. The first kappa shape index (κ1) is 27.8. The van der Waals surface area contributed by atoms with E-state index in [2.05, 4.69) is 25.7 Å². The molecule has 0 saturated heterocycles. The predicted octanol–water partition coefficient (Wildman–Crippen LogP) is 5.09. The average Bonchev–Trinajstić information content (AvgIpc) is 3.57. The summed E-state index contributed by atoms with van der Waals surface area (Å²) in [5.74, 6) is -1.47. The Labute approximate surface area is 247 Å². The summed E-state index contributed by atoms with van der Waals surface area (Å²) in [5.41, 5.74) is 6.18. The fourth-order valence-corrected chi connectivity index (χ4v) is 5.86. The van der Waals surface area contributed by atoms with Gasteiger partial charge in [-0.3, -0.25) is 19.3 Å². The largest absolute Gasteiger partial charge is 0.330 e. The van der Waals surface area contributed by atoms with Gasteiger partial charge in [0.1, 0.15) is 6.17 Å². The first-order valence-corrected chi connectivity index (χ1v) is 14.2. The van der Waals surface area contributed by atoms with Gasteiger partial charge in [0.2, 0.25) is 11.8 Å². The van der Waals surface area contributed by atoms with Gasteiger partial charge in [0.25, 0.3) is 0 Å². The van der Waals surface area contributed by atoms with Gasteiger partial charge in [0.15, 0.2) is 5.15 Å². The summed E-state index contributed by atoms with van der Waals surface area (Å²) in [4.78, 5) is 33.1. The van der Waals surface area contributed by atoms with Gasteiger partial charge in [-0.2, -0.15) is 5.10 Å². The molecule has 3 atom stereocenters. The smallest absolute Gasteiger partial charge is 0.247 e. The van der Waals surface area contributed by atoms with E-state index in [1.54, 1.807) is 52.9 Å². The van der Waals surface area contributed by atoms with E-state index in [1.165, 1.54) is 0 Å². The molecule has 216 valence electrons. The molecule has 2 amide bonds. The van der Waals surface area contributed by atoms with E-state index in [0.717, 1.165) is 28.0 Å². The van der Waals surface area contributed by atoms with Gasteiger partial charge in [-0.1, -0.05) is 35.4 Å². The predicted molar refractivity (Wildman–Crippen MR) is 157 cm³/mol. The first-order valence-electron chi connectivity index (χ1n) is 13.8. The van der Waals surface area contributed by atoms with Gasteiger partial charge in [-0.05, 0) is 56.0 Å². The molecule has 42 heavy (non-hydrogen) atoms. The van der Waals surface area contributed by atoms with Crippen LogP contribution in [0.5, 0.6) is 0 Å². The van der Waals surface area contributed by atoms with Gasteiger partial charge in [0, 0.05) is 37.0 Å². The van der Waals surface area contributed by atoms with Gasteiger partial charge in [-0.25, -0.2) is 9.07 Å². The van der Waals surface area contributed by atoms with Gasteiger partial charge >= 0.3 is 0 Å². The van der Waals surface area contributed by atoms with Crippen LogP contribution < -0.4 is 5.32 Å². The Morgan fingerprint density at radius 2 is 1.98 bits per heavy atom. The first-order chi connectivity index (χ1) is 20.2. The van der Waals surface area contributed by atoms with Crippen molar-refractivity contribution in [1.29, 1.82) is 0 Å². The Balaban J connectivity index is 1.38. The molecule has 0 fully saturated rings. The molecule has 2 aliphatic heterocycles. The minimum Gasteiger partial charge on any atom is -0.330 e. The fourth-order valence-electron chi connectivity index (χ4n) is 5.74. The lowest BCUT2D eigenvalue weighted by Gasteiger charge is -2.35. The molecule has 3 aromatic heterocycles. The third-order valence-corrected chi connectivity index (χ3v) is 8.23. The number of alkyl halides is 1. The van der Waals surface area contributed by atoms with Crippen molar-refractivity contribution in [1.82, 2.24) is 34.7 Å². The monoisotopic (exact) mass is 588 g/mol. The molecule has 2 aliphatic rings. The number of hydrogen-bond acceptors (Lipinski definition) is 6. The number of pyridine rings is 1. The summed E-state index contributed by atoms with van der Waals surface area (Å²) in [6.07, 6.45) is 6.09. The normalized spacial score (nSPS) is 21.2. The molecule has 0 radical (unpaired) electrons. The number of benzene rings is 1. The van der Waals surface area contributed by atoms with Crippen LogP contribution in [0, 0.1) is 12.8 Å². The van der Waals surface area contributed by atoms with Crippen molar-refractivity contribution < 1.29 is 14.0 Å². The zero-order valence-electron chi connectivity index (χ0n) is 23.5. The topological polar surface area (TPSA) is 111 Å². The number of rotatable bonds is 3. The van der Waals surface area contributed by atoms with Crippen LogP contribution in [-0.4, -0.2) is 59.2 Å². The van der Waals surface area contributed by atoms with Gasteiger partial charge in [-0.15, -0.1) is 5.10 Å². The fraction of sp³-hybridized carbons (Fsp3) is 0.333. The lowest BCUT2D eigenvalue weighted by Crippen LogP contribution is -2.38. The number of aromatic nitrogens is 6. The molecule has 10 nitrogen and oxygen atoms in total. The molecule has 5 heterocycles. The zero-order chi connectivity index (χ0) is 29.5. The molecule has 12 heteroatoms. The van der Waals surface area contributed by atoms with Crippen LogP contribution in [0.25, 0.3) is 22.5 Å². The van der Waals surface area contributed by atoms with Crippen molar-refractivity contribution in [3.63, 3.8) is 0 Å². The van der Waals surface area contributed by atoms with Crippen LogP contribution in [0.1, 0.15) is 49.0 Å². The van der Waals surface area contributed by atoms with Crippen LogP contribution >= 0.6 is 11.6 Å². The number of fused-ring (bicyclic) bond motifs is 4. The maximum absolute atomic E-state index is 15.4. The van der Waals surface area contributed by atoms with Crippen molar-refractivity contribution in [2.45, 2.75) is 45.3 Å². The molecular formula is C30H30ClFN8O2. The highest BCUT2D eigenvalue weighted by Gasteiger charge is 2.33. The molecule has 0 saturated carbocycles. The quantitative estimate of drug-likeness (QED) is 0.357. The molecule has 1 aromatic carbocycles. The number of hydrogen-bond donors (Lipinski definition) is 1. The van der Waals surface area contributed by atoms with Crippen molar-refractivity contribution in [3.8, 4) is 16.9 Å². The van der Waals surface area contributed by atoms with E-state index >= 15 is 4.39 Å². The summed E-state index contributed by atoms with van der Waals surface area (Å²) in [6.45, 7) is 3.98. The van der Waals surface area contributed by atoms with E-state index < -0.39 is 24.0 Å². The molecule has 2 bridgehead atoms. The number of aryl methyl sites for hydroxylation is 2. The third-order valence-electron chi connectivity index (χ3n) is 8.05. The number of nitrogens with one attached hydrogen (secondary N) is 1. The molecule has 6 rings (SSSR count). The number of carbonyl (C=O) groups is 2. The van der Waals surface area contributed by atoms with E-state index in [0.29, 0.717) is 36.5 Å². The highest BCUT2D eigenvalue weighted by Crippen LogP contribution is 2.37. The van der Waals surface area contributed by atoms with Crippen molar-refractivity contribution in [3.05, 3.63) is 77.0 Å². The Bertz CT molecular complexity index is 1710. The minimum atomic E-state index is -1.40. The summed E-state index contributed by atoms with van der Waals surface area (Å²) in [6, 6.07) is 9.18. The van der Waals surface area contributed by atoms with Crippen LogP contribution in [0.3, 0.4) is 0 Å². The number of halogens is 2. The van der Waals surface area contributed by atoms with E-state index in [-0.39, 0.29) is 17.5 Å². The second-order valence-corrected chi connectivity index (χ2v) is 11.2. The number of amides is 2. The van der Waals surface area contributed by atoms with Crippen LogP contribution in [-0.2, 0) is 16.6 Å². The Morgan fingerprint density at radius 3 is 2.74 bits per heavy atom. The molecule has 4 aromatic rings. The van der Waals surface area contributed by atoms with Gasteiger partial charge < -0.3 is 10.2 Å². The highest BCUT2D eigenvalue weighted by atomic mass is 35.5. The van der Waals surface area contributed by atoms with Crippen molar-refractivity contribution in [2.24, 2.45) is 13.0 Å². The van der Waals surface area contributed by atoms with Gasteiger partial charge in [0.05, 0.1) is 47.1 Å². The Kier molecular flexibility index (Phi) is 7.36. The van der Waals surface area contributed by atoms with Crippen molar-refractivity contribution >= 4 is 34.7 Å².